The molecule has 4 nitrogen and oxygen atoms in total. The van der Waals surface area contributed by atoms with Gasteiger partial charge in [-0.15, -0.1) is 0 Å². The summed E-state index contributed by atoms with van der Waals surface area (Å²) in [6.45, 7) is 3.21. The Labute approximate surface area is 198 Å². The number of halogens is 3. The smallest absolute Gasteiger partial charge is 0.244 e. The van der Waals surface area contributed by atoms with Gasteiger partial charge in [-0.2, -0.15) is 0 Å². The fourth-order valence-corrected chi connectivity index (χ4v) is 5.15. The number of hydrogen-bond donors (Lipinski definition) is 1. The summed E-state index contributed by atoms with van der Waals surface area (Å²) >= 11 is 0. The van der Waals surface area contributed by atoms with Crippen LogP contribution in [-0.2, 0) is 4.79 Å². The summed E-state index contributed by atoms with van der Waals surface area (Å²) in [6.07, 6.45) is 7.75. The summed E-state index contributed by atoms with van der Waals surface area (Å²) < 4.78 is 44.9. The molecule has 0 radical (unpaired) electrons. The third-order valence-electron chi connectivity index (χ3n) is 7.01. The van der Waals surface area contributed by atoms with Gasteiger partial charge >= 0.3 is 0 Å². The molecule has 2 aliphatic rings. The normalized spacial score (nSPS) is 21.8. The lowest BCUT2D eigenvalue weighted by Gasteiger charge is -2.33. The molecule has 1 heterocycles. The van der Waals surface area contributed by atoms with Crippen molar-refractivity contribution in [1.29, 1.82) is 0 Å². The predicted octanol–water partition coefficient (Wildman–Crippen LogP) is 5.29. The molecule has 1 aliphatic heterocycles. The maximum atomic E-state index is 13.3. The van der Waals surface area contributed by atoms with Crippen LogP contribution in [0, 0.1) is 23.4 Å². The van der Waals surface area contributed by atoms with Crippen LogP contribution in [0.15, 0.2) is 42.5 Å². The number of piperidine rings is 1. The fourth-order valence-electron chi connectivity index (χ4n) is 5.15. The molecule has 1 N–H and O–H groups in total. The average Bonchev–Trinajstić information content (AvgIpc) is 3.28. The van der Waals surface area contributed by atoms with Crippen LogP contribution < -0.4 is 10.1 Å². The van der Waals surface area contributed by atoms with E-state index in [0.29, 0.717) is 11.8 Å². The Kier molecular flexibility index (Phi) is 7.93. The minimum Gasteiger partial charge on any atom is -0.497 e. The van der Waals surface area contributed by atoms with E-state index in [-0.39, 0.29) is 17.5 Å². The maximum Gasteiger partial charge on any atom is 0.244 e. The topological polar surface area (TPSA) is 41.6 Å². The Bertz CT molecular complexity index is 994. The highest BCUT2D eigenvalue weighted by molar-refractivity contribution is 5.91. The molecule has 1 amide bonds. The molecule has 1 aliphatic carbocycles. The molecule has 4 rings (SSSR count). The van der Waals surface area contributed by atoms with E-state index in [2.05, 4.69) is 22.3 Å². The molecular weight excluding hydrogens is 441 g/mol. The summed E-state index contributed by atoms with van der Waals surface area (Å²) in [4.78, 5) is 14.8. The van der Waals surface area contributed by atoms with Crippen LogP contribution in [0.25, 0.3) is 6.08 Å². The van der Waals surface area contributed by atoms with Gasteiger partial charge in [0.05, 0.1) is 7.11 Å². The largest absolute Gasteiger partial charge is 0.497 e. The number of methoxy groups -OCH3 is 1. The van der Waals surface area contributed by atoms with Crippen molar-refractivity contribution in [3.05, 3.63) is 71.1 Å². The second-order valence-corrected chi connectivity index (χ2v) is 9.36. The molecule has 2 aromatic carbocycles. The van der Waals surface area contributed by atoms with E-state index in [1.807, 2.05) is 12.1 Å². The number of ether oxygens (including phenoxy) is 1. The van der Waals surface area contributed by atoms with E-state index in [0.717, 1.165) is 69.6 Å². The standard InChI is InChI=1S/C27H31F3N2O2/c1-34-23-7-4-20(5-8-23)21-10-12-32(13-11-21)17-19-2-6-22(14-19)31-26(33)9-3-18-15-24(28)27(30)25(29)16-18/h3-5,7-9,15-16,19,21-22H,2,6,10-14,17H2,1H3,(H,31,33)/b9-3+/t19-,22+/m0/s1. The first-order chi connectivity index (χ1) is 16.4. The van der Waals surface area contributed by atoms with E-state index in [1.165, 1.54) is 17.7 Å². The van der Waals surface area contributed by atoms with Crippen molar-refractivity contribution in [3.8, 4) is 5.75 Å². The molecule has 0 aromatic heterocycles. The highest BCUT2D eigenvalue weighted by atomic mass is 19.2. The van der Waals surface area contributed by atoms with Gasteiger partial charge in [-0.25, -0.2) is 13.2 Å². The number of carbonyl (C=O) groups excluding carboxylic acids is 1. The molecule has 2 fully saturated rings. The average molecular weight is 473 g/mol. The number of benzene rings is 2. The Hall–Kier alpha value is -2.80. The van der Waals surface area contributed by atoms with Crippen molar-refractivity contribution in [1.82, 2.24) is 10.2 Å². The maximum absolute atomic E-state index is 13.3. The number of likely N-dealkylation sites (tertiary alicyclic amines) is 1. The van der Waals surface area contributed by atoms with Crippen molar-refractivity contribution >= 4 is 12.0 Å². The summed E-state index contributed by atoms with van der Waals surface area (Å²) in [5.41, 5.74) is 1.48. The lowest BCUT2D eigenvalue weighted by Crippen LogP contribution is -2.37. The summed E-state index contributed by atoms with van der Waals surface area (Å²) in [7, 11) is 1.68. The van der Waals surface area contributed by atoms with Gasteiger partial charge in [-0.3, -0.25) is 4.79 Å². The van der Waals surface area contributed by atoms with Crippen molar-refractivity contribution in [2.45, 2.75) is 44.1 Å². The summed E-state index contributed by atoms with van der Waals surface area (Å²) in [5.74, 6) is -2.34. The highest BCUT2D eigenvalue weighted by Crippen LogP contribution is 2.32. The lowest BCUT2D eigenvalue weighted by atomic mass is 9.89. The summed E-state index contributed by atoms with van der Waals surface area (Å²) in [6, 6.07) is 10.2. The Balaban J connectivity index is 1.19. The molecule has 2 atom stereocenters. The molecule has 34 heavy (non-hydrogen) atoms. The van der Waals surface area contributed by atoms with Gasteiger partial charge in [0.1, 0.15) is 5.75 Å². The van der Waals surface area contributed by atoms with Crippen LogP contribution in [-0.4, -0.2) is 43.6 Å². The van der Waals surface area contributed by atoms with Gasteiger partial charge in [0, 0.05) is 18.7 Å². The zero-order valence-electron chi connectivity index (χ0n) is 19.4. The number of nitrogens with zero attached hydrogens (tertiary/aromatic N) is 1. The molecule has 0 spiro atoms. The molecule has 182 valence electrons. The fraction of sp³-hybridized carbons (Fsp3) is 0.444. The lowest BCUT2D eigenvalue weighted by molar-refractivity contribution is -0.117. The first-order valence-corrected chi connectivity index (χ1v) is 11.9. The molecule has 0 bridgehead atoms. The predicted molar refractivity (Wildman–Crippen MR) is 126 cm³/mol. The summed E-state index contributed by atoms with van der Waals surface area (Å²) in [5, 5.41) is 2.98. The van der Waals surface area contributed by atoms with E-state index >= 15 is 0 Å². The first-order valence-electron chi connectivity index (χ1n) is 11.9. The van der Waals surface area contributed by atoms with Crippen LogP contribution >= 0.6 is 0 Å². The first kappa shape index (κ1) is 24.3. The zero-order chi connectivity index (χ0) is 24.1. The van der Waals surface area contributed by atoms with Crippen molar-refractivity contribution in [2.75, 3.05) is 26.7 Å². The molecule has 2 aromatic rings. The Morgan fingerprint density at radius 3 is 2.38 bits per heavy atom. The van der Waals surface area contributed by atoms with E-state index in [9.17, 15) is 18.0 Å². The Morgan fingerprint density at radius 1 is 1.06 bits per heavy atom. The minimum atomic E-state index is -1.51. The number of carbonyl (C=O) groups is 1. The van der Waals surface area contributed by atoms with Crippen molar-refractivity contribution in [3.63, 3.8) is 0 Å². The van der Waals surface area contributed by atoms with Gasteiger partial charge in [-0.05, 0) is 98.5 Å². The molecule has 7 heteroatoms. The van der Waals surface area contributed by atoms with Gasteiger partial charge in [0.15, 0.2) is 17.5 Å². The van der Waals surface area contributed by atoms with Gasteiger partial charge in [0.2, 0.25) is 5.91 Å². The van der Waals surface area contributed by atoms with E-state index in [4.69, 9.17) is 4.74 Å². The molecular formula is C27H31F3N2O2. The second-order valence-electron chi connectivity index (χ2n) is 9.36. The highest BCUT2D eigenvalue weighted by Gasteiger charge is 2.29. The van der Waals surface area contributed by atoms with Crippen LogP contribution in [0.5, 0.6) is 5.75 Å². The van der Waals surface area contributed by atoms with Crippen LogP contribution in [0.4, 0.5) is 13.2 Å². The van der Waals surface area contributed by atoms with Crippen molar-refractivity contribution in [2.24, 2.45) is 5.92 Å². The molecule has 0 unspecified atom stereocenters. The third-order valence-corrected chi connectivity index (χ3v) is 7.01. The SMILES string of the molecule is COc1ccc(C2CCN(C[C@H]3CC[C@@H](NC(=O)/C=C/c4cc(F)c(F)c(F)c4)C3)CC2)cc1. The number of hydrogen-bond acceptors (Lipinski definition) is 3. The van der Waals surface area contributed by atoms with Gasteiger partial charge in [0.25, 0.3) is 0 Å². The van der Waals surface area contributed by atoms with Crippen LogP contribution in [0.1, 0.15) is 49.1 Å². The number of rotatable bonds is 7. The van der Waals surface area contributed by atoms with E-state index in [1.54, 1.807) is 7.11 Å². The van der Waals surface area contributed by atoms with Crippen molar-refractivity contribution < 1.29 is 22.7 Å². The zero-order valence-corrected chi connectivity index (χ0v) is 19.4. The van der Waals surface area contributed by atoms with E-state index < -0.39 is 17.5 Å². The van der Waals surface area contributed by atoms with Gasteiger partial charge < -0.3 is 15.0 Å². The molecule has 1 saturated carbocycles. The number of amides is 1. The van der Waals surface area contributed by atoms with Crippen LogP contribution in [0.3, 0.4) is 0 Å². The number of nitrogens with one attached hydrogen (secondary N) is 1. The van der Waals surface area contributed by atoms with Gasteiger partial charge in [-0.1, -0.05) is 12.1 Å². The molecule has 1 saturated heterocycles. The Morgan fingerprint density at radius 2 is 1.74 bits per heavy atom. The quantitative estimate of drug-likeness (QED) is 0.440. The monoisotopic (exact) mass is 472 g/mol. The second kappa shape index (κ2) is 11.1. The third kappa shape index (κ3) is 6.20. The van der Waals surface area contributed by atoms with Crippen LogP contribution in [0.2, 0.25) is 0 Å². The minimum absolute atomic E-state index is 0.0979.